The van der Waals surface area contributed by atoms with E-state index >= 15 is 0 Å². The maximum atomic E-state index is 12.9. The van der Waals surface area contributed by atoms with E-state index in [0.717, 1.165) is 38.4 Å². The molecule has 2 aromatic rings. The van der Waals surface area contributed by atoms with E-state index in [9.17, 15) is 4.79 Å². The van der Waals surface area contributed by atoms with Crippen molar-refractivity contribution in [2.24, 2.45) is 0 Å². The van der Waals surface area contributed by atoms with E-state index in [1.165, 1.54) is 24.1 Å². The minimum absolute atomic E-state index is 0.126. The number of hydrogen-bond acceptors (Lipinski definition) is 4. The zero-order chi connectivity index (χ0) is 20.6. The molecule has 0 spiro atoms. The molecule has 29 heavy (non-hydrogen) atoms. The van der Waals surface area contributed by atoms with E-state index in [2.05, 4.69) is 60.2 Å². The van der Waals surface area contributed by atoms with Crippen molar-refractivity contribution in [1.82, 2.24) is 19.6 Å². The van der Waals surface area contributed by atoms with E-state index in [4.69, 9.17) is 0 Å². The number of nitrogens with one attached hydrogen (secondary N) is 1. The predicted octanol–water partition coefficient (Wildman–Crippen LogP) is 3.52. The lowest BCUT2D eigenvalue weighted by atomic mass is 10.1. The van der Waals surface area contributed by atoms with Crippen LogP contribution in [0.4, 0.5) is 5.69 Å². The molecule has 1 N–H and O–H groups in total. The molecule has 0 radical (unpaired) electrons. The van der Waals surface area contributed by atoms with E-state index in [1.54, 1.807) is 0 Å². The Morgan fingerprint density at radius 3 is 2.52 bits per heavy atom. The maximum Gasteiger partial charge on any atom is 0.276 e. The van der Waals surface area contributed by atoms with Crippen LogP contribution in [0.3, 0.4) is 0 Å². The van der Waals surface area contributed by atoms with Crippen molar-refractivity contribution in [2.45, 2.75) is 51.6 Å². The highest BCUT2D eigenvalue weighted by Crippen LogP contribution is 2.41. The third-order valence-corrected chi connectivity index (χ3v) is 5.79. The monoisotopic (exact) mass is 395 g/mol. The van der Waals surface area contributed by atoms with Crippen molar-refractivity contribution in [1.29, 1.82) is 0 Å². The molecule has 2 fully saturated rings. The first kappa shape index (κ1) is 20.1. The molecule has 0 bridgehead atoms. The van der Waals surface area contributed by atoms with Crippen LogP contribution < -0.4 is 5.32 Å². The first-order valence-corrected chi connectivity index (χ1v) is 10.7. The molecule has 2 heterocycles. The van der Waals surface area contributed by atoms with Gasteiger partial charge in [-0.3, -0.25) is 14.4 Å². The van der Waals surface area contributed by atoms with Gasteiger partial charge >= 0.3 is 0 Å². The van der Waals surface area contributed by atoms with Crippen molar-refractivity contribution in [3.05, 3.63) is 47.3 Å². The van der Waals surface area contributed by atoms with Gasteiger partial charge in [-0.05, 0) is 64.4 Å². The van der Waals surface area contributed by atoms with E-state index in [0.29, 0.717) is 11.6 Å². The van der Waals surface area contributed by atoms with Gasteiger partial charge in [0.2, 0.25) is 0 Å². The molecule has 2 aliphatic rings. The van der Waals surface area contributed by atoms with Crippen LogP contribution in [0.25, 0.3) is 0 Å². The molecule has 1 saturated carbocycles. The van der Waals surface area contributed by atoms with Gasteiger partial charge in [-0.2, -0.15) is 5.10 Å². The van der Waals surface area contributed by atoms with Gasteiger partial charge in [0.05, 0.1) is 5.54 Å². The first-order valence-electron chi connectivity index (χ1n) is 10.7. The molecule has 156 valence electrons. The van der Waals surface area contributed by atoms with Crippen molar-refractivity contribution in [2.75, 3.05) is 38.5 Å². The largest absolute Gasteiger partial charge is 0.321 e. The van der Waals surface area contributed by atoms with Crippen LogP contribution in [-0.2, 0) is 12.1 Å². The Balaban J connectivity index is 1.45. The van der Waals surface area contributed by atoms with Gasteiger partial charge in [-0.15, -0.1) is 0 Å². The zero-order valence-electron chi connectivity index (χ0n) is 18.1. The number of benzene rings is 1. The summed E-state index contributed by atoms with van der Waals surface area (Å²) in [4.78, 5) is 17.7. The molecule has 1 aromatic carbocycles. The van der Waals surface area contributed by atoms with Crippen LogP contribution in [0, 0.1) is 0 Å². The van der Waals surface area contributed by atoms with Crippen molar-refractivity contribution in [3.63, 3.8) is 0 Å². The fourth-order valence-corrected chi connectivity index (χ4v) is 3.92. The minimum Gasteiger partial charge on any atom is -0.321 e. The van der Waals surface area contributed by atoms with E-state index < -0.39 is 0 Å². The Morgan fingerprint density at radius 1 is 1.14 bits per heavy atom. The van der Waals surface area contributed by atoms with Crippen LogP contribution >= 0.6 is 0 Å². The number of likely N-dealkylation sites (N-methyl/N-ethyl adjacent to an activating group) is 1. The van der Waals surface area contributed by atoms with Crippen molar-refractivity contribution >= 4 is 11.6 Å². The Bertz CT molecular complexity index is 870. The second kappa shape index (κ2) is 7.92. The van der Waals surface area contributed by atoms with Crippen LogP contribution in [0.2, 0.25) is 0 Å². The lowest BCUT2D eigenvalue weighted by molar-refractivity contribution is 0.102. The summed E-state index contributed by atoms with van der Waals surface area (Å²) in [6, 6.07) is 10.2. The second-order valence-electron chi connectivity index (χ2n) is 9.55. The van der Waals surface area contributed by atoms with Gasteiger partial charge < -0.3 is 10.2 Å². The topological polar surface area (TPSA) is 53.4 Å². The van der Waals surface area contributed by atoms with Crippen molar-refractivity contribution < 1.29 is 4.79 Å². The molecule has 0 unspecified atom stereocenters. The van der Waals surface area contributed by atoms with E-state index in [1.807, 2.05) is 22.9 Å². The molecule has 1 aromatic heterocycles. The summed E-state index contributed by atoms with van der Waals surface area (Å²) in [5, 5.41) is 7.71. The average Bonchev–Trinajstić information content (AvgIpc) is 3.40. The molecule has 0 atom stereocenters. The normalized spacial score (nSPS) is 18.8. The van der Waals surface area contributed by atoms with Gasteiger partial charge in [0.15, 0.2) is 5.69 Å². The predicted molar refractivity (Wildman–Crippen MR) is 116 cm³/mol. The Morgan fingerprint density at radius 2 is 1.86 bits per heavy atom. The maximum absolute atomic E-state index is 12.9. The Hall–Kier alpha value is -2.18. The summed E-state index contributed by atoms with van der Waals surface area (Å²) in [6.45, 7) is 11.7. The fraction of sp³-hybridized carbons (Fsp3) is 0.565. The van der Waals surface area contributed by atoms with Crippen LogP contribution in [0.5, 0.6) is 0 Å². The molecular weight excluding hydrogens is 362 g/mol. The van der Waals surface area contributed by atoms with Gasteiger partial charge in [0.25, 0.3) is 5.91 Å². The number of piperazine rings is 1. The van der Waals surface area contributed by atoms with Gasteiger partial charge in [-0.25, -0.2) is 0 Å². The summed E-state index contributed by atoms with van der Waals surface area (Å²) in [5.41, 5.74) is 3.63. The number of anilines is 1. The smallest absolute Gasteiger partial charge is 0.276 e. The Labute approximate surface area is 173 Å². The lowest BCUT2D eigenvalue weighted by Gasteiger charge is -2.32. The molecule has 1 aliphatic heterocycles. The van der Waals surface area contributed by atoms with E-state index in [-0.39, 0.29) is 11.4 Å². The highest BCUT2D eigenvalue weighted by Gasteiger charge is 2.32. The van der Waals surface area contributed by atoms with Crippen molar-refractivity contribution in [3.8, 4) is 0 Å². The number of hydrogen-bond donors (Lipinski definition) is 1. The first-order chi connectivity index (χ1) is 13.8. The molecule has 1 aliphatic carbocycles. The number of carbonyl (C=O) groups is 1. The third-order valence-electron chi connectivity index (χ3n) is 5.79. The highest BCUT2D eigenvalue weighted by molar-refractivity contribution is 6.03. The standard InChI is InChI=1S/C23H33N5O/c1-23(2,3)28-21(18-8-9-18)15-20(25-28)22(29)24-19-7-5-6-17(14-19)16-27-12-10-26(4)11-13-27/h5-7,14-15,18H,8-13,16H2,1-4H3,(H,24,29). The zero-order valence-corrected chi connectivity index (χ0v) is 18.1. The summed E-state index contributed by atoms with van der Waals surface area (Å²) in [7, 11) is 2.17. The van der Waals surface area contributed by atoms with Gasteiger partial charge in [0, 0.05) is 50.0 Å². The number of rotatable bonds is 5. The number of carbonyl (C=O) groups excluding carboxylic acids is 1. The minimum atomic E-state index is -0.133. The van der Waals surface area contributed by atoms with Gasteiger partial charge in [-0.1, -0.05) is 12.1 Å². The summed E-state index contributed by atoms with van der Waals surface area (Å²) in [5.74, 6) is 0.418. The quantitative estimate of drug-likeness (QED) is 0.842. The van der Waals surface area contributed by atoms with Crippen LogP contribution in [0.15, 0.2) is 30.3 Å². The summed E-state index contributed by atoms with van der Waals surface area (Å²) >= 11 is 0. The highest BCUT2D eigenvalue weighted by atomic mass is 16.2. The molecule has 1 saturated heterocycles. The van der Waals surface area contributed by atoms with Gasteiger partial charge in [0.1, 0.15) is 0 Å². The molecule has 6 heteroatoms. The second-order valence-corrected chi connectivity index (χ2v) is 9.55. The van der Waals surface area contributed by atoms with Crippen LogP contribution in [0.1, 0.15) is 61.3 Å². The molecule has 1 amide bonds. The lowest BCUT2D eigenvalue weighted by Crippen LogP contribution is -2.43. The average molecular weight is 396 g/mol. The number of amides is 1. The molecular formula is C23H33N5O. The fourth-order valence-electron chi connectivity index (χ4n) is 3.92. The number of nitrogens with zero attached hydrogens (tertiary/aromatic N) is 4. The summed E-state index contributed by atoms with van der Waals surface area (Å²) in [6.07, 6.45) is 2.38. The SMILES string of the molecule is CN1CCN(Cc2cccc(NC(=O)c3cc(C4CC4)n(C(C)(C)C)n3)c2)CC1. The summed E-state index contributed by atoms with van der Waals surface area (Å²) < 4.78 is 2.03. The molecule has 4 rings (SSSR count). The van der Waals surface area contributed by atoms with Crippen LogP contribution in [-0.4, -0.2) is 58.7 Å². The third kappa shape index (κ3) is 4.87. The Kier molecular flexibility index (Phi) is 5.49. The number of aromatic nitrogens is 2. The molecule has 6 nitrogen and oxygen atoms in total.